The van der Waals surface area contributed by atoms with Crippen molar-refractivity contribution in [3.63, 3.8) is 0 Å². The van der Waals surface area contributed by atoms with Crippen LogP contribution in [0.5, 0.6) is 0 Å². The van der Waals surface area contributed by atoms with Crippen LogP contribution in [0, 0.1) is 0 Å². The molecule has 0 fully saturated rings. The Labute approximate surface area is 103 Å². The predicted molar refractivity (Wildman–Crippen MR) is 68.6 cm³/mol. The Morgan fingerprint density at radius 1 is 1.35 bits per heavy atom. The Balaban J connectivity index is 4.57. The molecule has 0 bridgehead atoms. The van der Waals surface area contributed by atoms with Crippen LogP contribution in [-0.2, 0) is 14.8 Å². The van der Waals surface area contributed by atoms with Crippen molar-refractivity contribution < 1.29 is 13.2 Å². The lowest BCUT2D eigenvalue weighted by molar-refractivity contribution is -0.132. The number of nitrogens with one attached hydrogen (secondary N) is 1. The first-order valence-electron chi connectivity index (χ1n) is 5.49. The summed E-state index contributed by atoms with van der Waals surface area (Å²) >= 11 is 0. The van der Waals surface area contributed by atoms with E-state index in [1.54, 1.807) is 0 Å². The summed E-state index contributed by atoms with van der Waals surface area (Å²) in [6, 6.07) is 0. The highest BCUT2D eigenvalue weighted by molar-refractivity contribution is 7.89. The van der Waals surface area contributed by atoms with E-state index in [1.165, 1.54) is 12.2 Å². The fourth-order valence-corrected chi connectivity index (χ4v) is 2.04. The van der Waals surface area contributed by atoms with Crippen molar-refractivity contribution in [3.8, 4) is 0 Å². The first-order chi connectivity index (χ1) is 7.96. The minimum atomic E-state index is -3.53. The second-order valence-corrected chi connectivity index (χ2v) is 5.30. The lowest BCUT2D eigenvalue weighted by Gasteiger charge is -2.21. The second-order valence-electron chi connectivity index (χ2n) is 3.56. The van der Waals surface area contributed by atoms with Gasteiger partial charge in [0.05, 0.1) is 12.3 Å². The van der Waals surface area contributed by atoms with E-state index >= 15 is 0 Å². The molecule has 1 amide bonds. The number of carbonyl (C=O) groups excluding carboxylic acids is 1. The number of amides is 1. The van der Waals surface area contributed by atoms with Crippen LogP contribution in [0.4, 0.5) is 0 Å². The normalized spacial score (nSPS) is 10.9. The Bertz CT molecular complexity index is 363. The van der Waals surface area contributed by atoms with Gasteiger partial charge in [-0.3, -0.25) is 9.80 Å². The summed E-state index contributed by atoms with van der Waals surface area (Å²) in [7, 11) is -3.53. The molecule has 0 aliphatic rings. The minimum Gasteiger partial charge on any atom is -0.273 e. The van der Waals surface area contributed by atoms with Gasteiger partial charge in [-0.25, -0.2) is 8.42 Å². The molecular weight excluding hydrogens is 240 g/mol. The van der Waals surface area contributed by atoms with Gasteiger partial charge in [0.2, 0.25) is 15.9 Å². The number of hydrazine groups is 1. The molecule has 0 rings (SSSR count). The van der Waals surface area contributed by atoms with E-state index in [0.29, 0.717) is 6.42 Å². The Kier molecular flexibility index (Phi) is 7.49. The molecule has 0 atom stereocenters. The second kappa shape index (κ2) is 8.03. The lowest BCUT2D eigenvalue weighted by atomic mass is 10.2. The van der Waals surface area contributed by atoms with Gasteiger partial charge < -0.3 is 0 Å². The van der Waals surface area contributed by atoms with Crippen molar-refractivity contribution in [1.29, 1.82) is 0 Å². The molecule has 0 aromatic heterocycles. The van der Waals surface area contributed by atoms with Crippen molar-refractivity contribution in [2.75, 3.05) is 12.3 Å². The van der Waals surface area contributed by atoms with Crippen molar-refractivity contribution in [3.05, 3.63) is 25.3 Å². The van der Waals surface area contributed by atoms with Gasteiger partial charge in [0.25, 0.3) is 0 Å². The van der Waals surface area contributed by atoms with E-state index in [4.69, 9.17) is 0 Å². The van der Waals surface area contributed by atoms with Gasteiger partial charge in [-0.1, -0.05) is 25.5 Å². The Morgan fingerprint density at radius 3 is 2.47 bits per heavy atom. The van der Waals surface area contributed by atoms with Crippen LogP contribution in [0.1, 0.15) is 26.2 Å². The van der Waals surface area contributed by atoms with Gasteiger partial charge in [0.15, 0.2) is 0 Å². The zero-order valence-electron chi connectivity index (χ0n) is 10.2. The van der Waals surface area contributed by atoms with E-state index in [1.807, 2.05) is 6.92 Å². The number of sulfonamides is 1. The molecule has 0 unspecified atom stereocenters. The molecule has 98 valence electrons. The third-order valence-corrected chi connectivity index (χ3v) is 3.12. The number of nitrogens with zero attached hydrogens (tertiary/aromatic N) is 1. The number of unbranched alkanes of at least 4 members (excludes halogenated alkanes) is 1. The number of rotatable bonds is 9. The average Bonchev–Trinajstić information content (AvgIpc) is 2.24. The van der Waals surface area contributed by atoms with Crippen LogP contribution in [0.3, 0.4) is 0 Å². The van der Waals surface area contributed by atoms with Gasteiger partial charge in [0, 0.05) is 6.42 Å². The highest BCUT2D eigenvalue weighted by atomic mass is 32.2. The molecule has 0 radical (unpaired) electrons. The van der Waals surface area contributed by atoms with Crippen molar-refractivity contribution in [2.45, 2.75) is 26.2 Å². The maximum atomic E-state index is 11.7. The van der Waals surface area contributed by atoms with Crippen LogP contribution in [0.2, 0.25) is 0 Å². The van der Waals surface area contributed by atoms with E-state index in [9.17, 15) is 13.2 Å². The molecule has 0 heterocycles. The summed E-state index contributed by atoms with van der Waals surface area (Å²) in [5.74, 6) is -0.471. The van der Waals surface area contributed by atoms with Gasteiger partial charge in [-0.15, -0.1) is 18.0 Å². The maximum absolute atomic E-state index is 11.7. The standard InChI is InChI=1S/C11H20N2O3S/c1-4-7-8-11(14)13(9-5-2)12-17(15,16)10-6-3/h5-6,12H,2-4,7-10H2,1H3. The van der Waals surface area contributed by atoms with Crippen molar-refractivity contribution >= 4 is 15.9 Å². The zero-order valence-corrected chi connectivity index (χ0v) is 11.0. The lowest BCUT2D eigenvalue weighted by Crippen LogP contribution is -2.46. The highest BCUT2D eigenvalue weighted by Crippen LogP contribution is 2.00. The van der Waals surface area contributed by atoms with E-state index in [0.717, 1.165) is 17.9 Å². The highest BCUT2D eigenvalue weighted by Gasteiger charge is 2.17. The fourth-order valence-electron chi connectivity index (χ4n) is 1.14. The molecule has 1 N–H and O–H groups in total. The quantitative estimate of drug-likeness (QED) is 0.500. The summed E-state index contributed by atoms with van der Waals surface area (Å²) in [5, 5.41) is 1.07. The molecule has 0 aliphatic heterocycles. The smallest absolute Gasteiger partial charge is 0.237 e. The molecule has 5 nitrogen and oxygen atoms in total. The third kappa shape index (κ3) is 6.91. The monoisotopic (exact) mass is 260 g/mol. The van der Waals surface area contributed by atoms with E-state index in [-0.39, 0.29) is 18.2 Å². The van der Waals surface area contributed by atoms with E-state index < -0.39 is 10.0 Å². The van der Waals surface area contributed by atoms with Crippen LogP contribution in [0.25, 0.3) is 0 Å². The third-order valence-electron chi connectivity index (χ3n) is 1.94. The van der Waals surface area contributed by atoms with Crippen LogP contribution >= 0.6 is 0 Å². The van der Waals surface area contributed by atoms with E-state index in [2.05, 4.69) is 18.0 Å². The number of hydrogen-bond donors (Lipinski definition) is 1. The number of hydrogen-bond acceptors (Lipinski definition) is 3. The number of carbonyl (C=O) groups is 1. The van der Waals surface area contributed by atoms with Crippen LogP contribution in [0.15, 0.2) is 25.3 Å². The SMILES string of the molecule is C=CCN(NS(=O)(=O)CC=C)C(=O)CCCC. The van der Waals surface area contributed by atoms with Crippen LogP contribution in [-0.4, -0.2) is 31.6 Å². The maximum Gasteiger partial charge on any atom is 0.237 e. The summed E-state index contributed by atoms with van der Waals surface area (Å²) in [5.41, 5.74) is 0. The molecule has 0 aliphatic carbocycles. The minimum absolute atomic E-state index is 0.152. The summed E-state index contributed by atoms with van der Waals surface area (Å²) in [6.07, 6.45) is 4.68. The predicted octanol–water partition coefficient (Wildman–Crippen LogP) is 1.21. The first-order valence-corrected chi connectivity index (χ1v) is 7.14. The van der Waals surface area contributed by atoms with Crippen LogP contribution < -0.4 is 4.83 Å². The first kappa shape index (κ1) is 15.9. The van der Waals surface area contributed by atoms with Gasteiger partial charge in [-0.05, 0) is 6.42 Å². The van der Waals surface area contributed by atoms with Gasteiger partial charge >= 0.3 is 0 Å². The summed E-state index contributed by atoms with van der Waals surface area (Å²) in [6.45, 7) is 8.96. The molecule has 17 heavy (non-hydrogen) atoms. The molecule has 0 aromatic carbocycles. The average molecular weight is 260 g/mol. The molecular formula is C11H20N2O3S. The molecule has 0 saturated heterocycles. The summed E-state index contributed by atoms with van der Waals surface area (Å²) < 4.78 is 23.0. The zero-order chi connectivity index (χ0) is 13.3. The van der Waals surface area contributed by atoms with Gasteiger partial charge in [0.1, 0.15) is 0 Å². The Morgan fingerprint density at radius 2 is 2.00 bits per heavy atom. The largest absolute Gasteiger partial charge is 0.273 e. The fraction of sp³-hybridized carbons (Fsp3) is 0.545. The molecule has 0 spiro atoms. The molecule has 0 aromatic rings. The van der Waals surface area contributed by atoms with Crippen molar-refractivity contribution in [2.24, 2.45) is 0 Å². The Hall–Kier alpha value is -1.14. The summed E-state index contributed by atoms with van der Waals surface area (Å²) in [4.78, 5) is 13.9. The van der Waals surface area contributed by atoms with Gasteiger partial charge in [-0.2, -0.15) is 0 Å². The molecule has 0 saturated carbocycles. The molecule has 6 heteroatoms. The topological polar surface area (TPSA) is 66.5 Å². The van der Waals surface area contributed by atoms with Crippen molar-refractivity contribution in [1.82, 2.24) is 9.84 Å².